The number of carbonyl (C=O) groups excluding carboxylic acids is 6. The monoisotopic (exact) mass is 1720 g/mol. The molecule has 0 aliphatic heterocycles. The van der Waals surface area contributed by atoms with Crippen molar-refractivity contribution in [2.24, 2.45) is 0 Å². The fourth-order valence-electron chi connectivity index (χ4n) is 18.6. The summed E-state index contributed by atoms with van der Waals surface area (Å²) in [7, 11) is 0. The van der Waals surface area contributed by atoms with Crippen molar-refractivity contribution < 1.29 is 28.8 Å². The van der Waals surface area contributed by atoms with E-state index in [9.17, 15) is 28.8 Å². The van der Waals surface area contributed by atoms with Gasteiger partial charge in [0.1, 0.15) is 5.82 Å². The summed E-state index contributed by atoms with van der Waals surface area (Å²) in [6.07, 6.45) is 6.97. The van der Waals surface area contributed by atoms with Gasteiger partial charge in [0.25, 0.3) is 0 Å². The lowest BCUT2D eigenvalue weighted by atomic mass is 9.80. The number of Topliss-reactive ketones (excluding diaryl/α,β-unsaturated/α-hetero) is 6. The quantitative estimate of drug-likeness (QED) is 0.0862. The number of carbonyl (C=O) groups is 6. The third-order valence-corrected chi connectivity index (χ3v) is 25.7. The number of anilines is 9. The van der Waals surface area contributed by atoms with E-state index in [1.165, 1.54) is 43.4 Å². The Morgan fingerprint density at radius 2 is 0.511 bits per heavy atom. The number of fused-ring (bicyclic) bond motifs is 11. The van der Waals surface area contributed by atoms with Gasteiger partial charge in [-0.05, 0) is 283 Å². The molecule has 20 aromatic rings. The average molecular weight is 1720 g/mol. The summed E-state index contributed by atoms with van der Waals surface area (Å²) in [5.74, 6) is -0.456. The van der Waals surface area contributed by atoms with Gasteiger partial charge in [0.05, 0.1) is 22.4 Å². The molecule has 0 N–H and O–H groups in total. The first kappa shape index (κ1) is 83.0. The van der Waals surface area contributed by atoms with Gasteiger partial charge in [-0.15, -0.1) is 0 Å². The maximum atomic E-state index is 13.5. The Morgan fingerprint density at radius 1 is 0.211 bits per heavy atom. The number of rotatable bonds is 12. The van der Waals surface area contributed by atoms with Gasteiger partial charge in [-0.2, -0.15) is 0 Å². The van der Waals surface area contributed by atoms with Gasteiger partial charge in [0.15, 0.2) is 34.7 Å². The van der Waals surface area contributed by atoms with Crippen LogP contribution in [0.5, 0.6) is 0 Å². The van der Waals surface area contributed by atoms with E-state index in [4.69, 9.17) is 0 Å². The van der Waals surface area contributed by atoms with Crippen LogP contribution in [0.4, 0.5) is 51.3 Å². The lowest BCUT2D eigenvalue weighted by Crippen LogP contribution is -2.19. The molecule has 1 heterocycles. The summed E-state index contributed by atoms with van der Waals surface area (Å²) in [5, 5.41) is 17.2. The Hall–Kier alpha value is -17.0. The second kappa shape index (κ2) is 33.9. The number of allylic oxidation sites excluding steroid dienone is 3. The van der Waals surface area contributed by atoms with Crippen LogP contribution in [0.3, 0.4) is 0 Å². The van der Waals surface area contributed by atoms with E-state index in [2.05, 4.69) is 292 Å². The molecule has 10 nitrogen and oxygen atoms in total. The molecule has 3 aliphatic rings. The van der Waals surface area contributed by atoms with E-state index in [0.717, 1.165) is 122 Å². The van der Waals surface area contributed by atoms with Gasteiger partial charge in [0.2, 0.25) is 0 Å². The molecule has 0 saturated heterocycles. The largest absolute Gasteiger partial charge is 0.310 e. The molecule has 0 amide bonds. The predicted molar refractivity (Wildman–Crippen MR) is 548 cm³/mol. The van der Waals surface area contributed by atoms with Gasteiger partial charge in [-0.25, -0.2) is 4.98 Å². The number of ketones is 6. The van der Waals surface area contributed by atoms with Crippen LogP contribution in [-0.4, -0.2) is 39.7 Å². The molecule has 0 spiro atoms. The zero-order valence-corrected chi connectivity index (χ0v) is 74.2. The van der Waals surface area contributed by atoms with Crippen LogP contribution in [0.25, 0.3) is 104 Å². The van der Waals surface area contributed by atoms with Crippen LogP contribution in [0.1, 0.15) is 132 Å². The topological polar surface area (TPSA) is 125 Å². The molecule has 636 valence electrons. The van der Waals surface area contributed by atoms with Gasteiger partial charge in [-0.1, -0.05) is 296 Å². The van der Waals surface area contributed by atoms with Crippen LogP contribution in [0.15, 0.2) is 423 Å². The molecule has 0 radical (unpaired) electrons. The zero-order valence-electron chi connectivity index (χ0n) is 74.2. The first-order valence-electron chi connectivity index (χ1n) is 44.8. The maximum absolute atomic E-state index is 13.5. The molecular weight excluding hydrogens is 1630 g/mol. The molecule has 19 aromatic carbocycles. The van der Waals surface area contributed by atoms with Gasteiger partial charge < -0.3 is 9.80 Å². The van der Waals surface area contributed by atoms with Crippen molar-refractivity contribution in [3.63, 3.8) is 0 Å². The predicted octanol–water partition coefficient (Wildman–Crippen LogP) is 31.1. The Kier molecular flexibility index (Phi) is 21.2. The van der Waals surface area contributed by atoms with Crippen molar-refractivity contribution in [2.45, 2.75) is 52.4 Å². The number of benzene rings is 19. The van der Waals surface area contributed by atoms with Gasteiger partial charge >= 0.3 is 0 Å². The Balaban J connectivity index is 0.000000121. The Labute approximate surface area is 770 Å². The molecule has 10 heteroatoms. The van der Waals surface area contributed by atoms with Crippen molar-refractivity contribution in [3.8, 4) is 0 Å². The molecule has 0 atom stereocenters. The minimum absolute atomic E-state index is 0.0315. The maximum Gasteiger partial charge on any atom is 0.197 e. The molecule has 3 aliphatic carbocycles. The van der Waals surface area contributed by atoms with Crippen LogP contribution < -0.4 is 14.7 Å². The van der Waals surface area contributed by atoms with Crippen molar-refractivity contribution in [3.05, 3.63) is 484 Å². The van der Waals surface area contributed by atoms with E-state index in [1.807, 2.05) is 146 Å². The van der Waals surface area contributed by atoms with E-state index in [-0.39, 0.29) is 62.2 Å². The van der Waals surface area contributed by atoms with Gasteiger partial charge in [-0.3, -0.25) is 33.7 Å². The van der Waals surface area contributed by atoms with E-state index in [1.54, 1.807) is 48.7 Å². The normalized spacial score (nSPS) is 12.9. The highest BCUT2D eigenvalue weighted by Crippen LogP contribution is 2.46. The highest BCUT2D eigenvalue weighted by atomic mass is 16.2. The first-order chi connectivity index (χ1) is 64.6. The van der Waals surface area contributed by atoms with Crippen molar-refractivity contribution in [1.29, 1.82) is 0 Å². The SMILES string of the molecule is CC(C)(C)c1cc(N(c2ccc3ccccc3c2)c2ccc3cc(C=C4C(=O)c5cc6ccccc6cc5C4=O)ccc3c2)cc(C(C)(C)C)c1.O=C1C(=Cc2ccc3cc(N(c4ccc5ccccc5c4)c4cccc5ccccc45)ccc3c2)C(=O)c2ccccc21.O=C1C(=Cc2ccc3cc(N(c4ccccc4)c4ccccn4)ccc3c2)C(=O)c2cc3ccccc3cc21. The number of nitrogens with zero attached hydrogens (tertiary/aromatic N) is 4. The summed E-state index contributed by atoms with van der Waals surface area (Å²) >= 11 is 0. The molecule has 0 fully saturated rings. The summed E-state index contributed by atoms with van der Waals surface area (Å²) in [6.45, 7) is 13.6. The van der Waals surface area contributed by atoms with E-state index >= 15 is 0 Å². The molecular formula is C123H88N4O6. The molecule has 133 heavy (non-hydrogen) atoms. The molecule has 0 bridgehead atoms. The molecule has 23 rings (SSSR count). The molecule has 1 aromatic heterocycles. The van der Waals surface area contributed by atoms with Crippen molar-refractivity contribution >= 4 is 190 Å². The highest BCUT2D eigenvalue weighted by Gasteiger charge is 2.37. The zero-order chi connectivity index (χ0) is 90.9. The minimum Gasteiger partial charge on any atom is -0.310 e. The Bertz CT molecular complexity index is 8150. The summed E-state index contributed by atoms with van der Waals surface area (Å²) in [6, 6.07) is 136. The lowest BCUT2D eigenvalue weighted by Gasteiger charge is -2.31. The van der Waals surface area contributed by atoms with Crippen LogP contribution in [0.2, 0.25) is 0 Å². The number of hydrogen-bond acceptors (Lipinski definition) is 10. The number of para-hydroxylation sites is 1. The van der Waals surface area contributed by atoms with Crippen molar-refractivity contribution in [1.82, 2.24) is 4.98 Å². The number of pyridine rings is 1. The van der Waals surface area contributed by atoms with Gasteiger partial charge in [0, 0.05) is 84.8 Å². The average Bonchev–Trinajstić information content (AvgIpc) is 1.29. The third-order valence-electron chi connectivity index (χ3n) is 25.7. The summed E-state index contributed by atoms with van der Waals surface area (Å²) < 4.78 is 0. The van der Waals surface area contributed by atoms with E-state index < -0.39 is 0 Å². The second-order valence-corrected chi connectivity index (χ2v) is 36.4. The first-order valence-corrected chi connectivity index (χ1v) is 44.8. The van der Waals surface area contributed by atoms with Crippen LogP contribution >= 0.6 is 0 Å². The fourth-order valence-corrected chi connectivity index (χ4v) is 18.6. The Morgan fingerprint density at radius 3 is 0.902 bits per heavy atom. The summed E-state index contributed by atoms with van der Waals surface area (Å²) in [5.41, 5.74) is 17.0. The highest BCUT2D eigenvalue weighted by molar-refractivity contribution is 6.44. The lowest BCUT2D eigenvalue weighted by molar-refractivity contribution is 0.0975. The fraction of sp³-hybridized carbons (Fsp3) is 0.0650. The minimum atomic E-state index is -0.218. The molecule has 0 unspecified atom stereocenters. The number of hydrogen-bond donors (Lipinski definition) is 0. The number of aromatic nitrogens is 1. The molecule has 0 saturated carbocycles. The van der Waals surface area contributed by atoms with Crippen molar-refractivity contribution in [2.75, 3.05) is 14.7 Å². The van der Waals surface area contributed by atoms with E-state index in [0.29, 0.717) is 33.4 Å². The van der Waals surface area contributed by atoms with Crippen LogP contribution in [-0.2, 0) is 10.8 Å². The third kappa shape index (κ3) is 16.0. The standard InChI is InChI=1S/C48H41NO2.C40H25NO2.C35H22N2O2/c1-47(2,3)37-27-38(48(4,5)6)29-41(28-37)49(39-19-17-31-11-7-8-12-32(31)23-39)40-20-18-35-21-30(15-16-36(35)24-40)22-44-45(50)42-25-33-13-9-10-14-34(33)26-43(42)46(44)51;42-39-35-13-5-6-14-36(35)40(43)37(39)23-26-16-17-31-25-33(21-19-30(31)22-26)41(32-20-18-27-8-1-2-10-29(27)24-32)38-15-7-11-28-9-3-4-12-34(28)38;38-34-30-21-24-8-4-5-9-25(24)22-31(30)35(39)32(34)19-23-13-14-27-20-29(16-15-26(27)18-23)37(28-10-2-1-3-11-28)33-12-6-7-17-36-33/h7-29H,1-6H3;1-25H;1-22H. The smallest absolute Gasteiger partial charge is 0.197 e. The summed E-state index contributed by atoms with van der Waals surface area (Å²) in [4.78, 5) is 90.6. The second-order valence-electron chi connectivity index (χ2n) is 36.4. The van der Waals surface area contributed by atoms with Crippen LogP contribution in [0, 0.1) is 0 Å².